The Morgan fingerprint density at radius 2 is 1.81 bits per heavy atom. The molecule has 32 heavy (non-hydrogen) atoms. The van der Waals surface area contributed by atoms with Crippen LogP contribution in [0.25, 0.3) is 0 Å². The van der Waals surface area contributed by atoms with Crippen LogP contribution >= 0.6 is 11.3 Å². The van der Waals surface area contributed by atoms with E-state index in [0.29, 0.717) is 30.4 Å². The van der Waals surface area contributed by atoms with Crippen LogP contribution in [0, 0.1) is 0 Å². The maximum absolute atomic E-state index is 13.3. The Balaban J connectivity index is 1.26. The van der Waals surface area contributed by atoms with E-state index in [-0.39, 0.29) is 12.6 Å². The van der Waals surface area contributed by atoms with E-state index in [4.69, 9.17) is 0 Å². The summed E-state index contributed by atoms with van der Waals surface area (Å²) in [7, 11) is -3.49. The molecule has 1 aliphatic carbocycles. The molecule has 3 amide bonds. The van der Waals surface area contributed by atoms with Crippen LogP contribution in [0.4, 0.5) is 4.79 Å². The summed E-state index contributed by atoms with van der Waals surface area (Å²) in [5, 5.41) is 4.63. The van der Waals surface area contributed by atoms with Crippen molar-refractivity contribution in [3.05, 3.63) is 52.4 Å². The number of imide groups is 1. The molecule has 10 heteroatoms. The van der Waals surface area contributed by atoms with E-state index < -0.39 is 21.6 Å². The van der Waals surface area contributed by atoms with E-state index >= 15 is 0 Å². The molecule has 1 aromatic heterocycles. The van der Waals surface area contributed by atoms with Gasteiger partial charge >= 0.3 is 6.03 Å². The van der Waals surface area contributed by atoms with Crippen LogP contribution in [0.5, 0.6) is 0 Å². The van der Waals surface area contributed by atoms with E-state index in [9.17, 15) is 18.0 Å². The number of thiophene rings is 1. The minimum atomic E-state index is -3.49. The standard InChI is InChI=1S/C22H26N4O4S2/c1-22(18-8-7-16-4-2-5-17(16)14-18)20(27)26(21(28)23-22)15-24-9-11-25(12-10-24)32(29,30)19-6-3-13-31-19/h3,6-8,13-14H,2,4-5,9-12,15H2,1H3,(H,23,28). The van der Waals surface area contributed by atoms with Gasteiger partial charge in [-0.25, -0.2) is 18.1 Å². The number of fused-ring (bicyclic) bond motifs is 1. The minimum Gasteiger partial charge on any atom is -0.319 e. The highest BCUT2D eigenvalue weighted by molar-refractivity contribution is 7.91. The summed E-state index contributed by atoms with van der Waals surface area (Å²) in [5.74, 6) is -0.269. The fourth-order valence-corrected chi connectivity index (χ4v) is 7.32. The number of urea groups is 1. The highest BCUT2D eigenvalue weighted by Crippen LogP contribution is 2.33. The molecule has 3 heterocycles. The molecule has 5 rings (SSSR count). The number of carbonyl (C=O) groups excluding carboxylic acids is 2. The van der Waals surface area contributed by atoms with Gasteiger partial charge in [0, 0.05) is 26.2 Å². The van der Waals surface area contributed by atoms with Gasteiger partial charge in [0.15, 0.2) is 0 Å². The van der Waals surface area contributed by atoms with Gasteiger partial charge in [-0.05, 0) is 54.3 Å². The third-order valence-electron chi connectivity index (χ3n) is 6.71. The third-order valence-corrected chi connectivity index (χ3v) is 9.98. The second-order valence-corrected chi connectivity index (χ2v) is 11.8. The van der Waals surface area contributed by atoms with Gasteiger partial charge in [-0.3, -0.25) is 9.69 Å². The van der Waals surface area contributed by atoms with Gasteiger partial charge in [0.25, 0.3) is 15.9 Å². The molecule has 1 N–H and O–H groups in total. The summed E-state index contributed by atoms with van der Waals surface area (Å²) >= 11 is 1.21. The number of carbonyl (C=O) groups is 2. The first-order valence-electron chi connectivity index (χ1n) is 10.8. The van der Waals surface area contributed by atoms with Crippen molar-refractivity contribution in [3.63, 3.8) is 0 Å². The molecule has 2 aliphatic heterocycles. The van der Waals surface area contributed by atoms with Gasteiger partial charge in [0.2, 0.25) is 0 Å². The normalized spacial score (nSPS) is 24.7. The summed E-state index contributed by atoms with van der Waals surface area (Å²) in [5.41, 5.74) is 2.30. The van der Waals surface area contributed by atoms with Gasteiger partial charge in [0.1, 0.15) is 9.75 Å². The van der Waals surface area contributed by atoms with Crippen LogP contribution in [0.1, 0.15) is 30.0 Å². The third kappa shape index (κ3) is 3.55. The Bertz CT molecular complexity index is 1160. The lowest BCUT2D eigenvalue weighted by molar-refractivity contribution is -0.132. The summed E-state index contributed by atoms with van der Waals surface area (Å²) in [6.07, 6.45) is 3.19. The molecule has 0 radical (unpaired) electrons. The van der Waals surface area contributed by atoms with Gasteiger partial charge in [0.05, 0.1) is 6.67 Å². The number of rotatable bonds is 5. The highest BCUT2D eigenvalue weighted by Gasteiger charge is 2.49. The average Bonchev–Trinajstić information content (AvgIpc) is 3.52. The maximum Gasteiger partial charge on any atom is 0.326 e. The first kappa shape index (κ1) is 21.6. The second-order valence-electron chi connectivity index (χ2n) is 8.72. The Morgan fingerprint density at radius 3 is 2.53 bits per heavy atom. The number of hydrogen-bond donors (Lipinski definition) is 1. The molecule has 0 bridgehead atoms. The number of piperazine rings is 1. The number of nitrogens with one attached hydrogen (secondary N) is 1. The van der Waals surface area contributed by atoms with E-state index in [0.717, 1.165) is 24.8 Å². The Kier molecular flexibility index (Phi) is 5.36. The Morgan fingerprint density at radius 1 is 1.06 bits per heavy atom. The van der Waals surface area contributed by atoms with Crippen molar-refractivity contribution in [3.8, 4) is 0 Å². The zero-order valence-corrected chi connectivity index (χ0v) is 19.5. The van der Waals surface area contributed by atoms with Crippen molar-refractivity contribution in [2.45, 2.75) is 35.9 Å². The number of nitrogens with zero attached hydrogens (tertiary/aromatic N) is 3. The van der Waals surface area contributed by atoms with Crippen LogP contribution in [-0.2, 0) is 33.2 Å². The molecule has 0 spiro atoms. The summed E-state index contributed by atoms with van der Waals surface area (Å²) in [4.78, 5) is 29.2. The topological polar surface area (TPSA) is 90.0 Å². The molecular weight excluding hydrogens is 448 g/mol. The van der Waals surface area contributed by atoms with Crippen LogP contribution in [0.2, 0.25) is 0 Å². The number of hydrogen-bond acceptors (Lipinski definition) is 6. The number of benzene rings is 1. The van der Waals surface area contributed by atoms with Crippen LogP contribution in [0.15, 0.2) is 39.9 Å². The predicted octanol–water partition coefficient (Wildman–Crippen LogP) is 1.97. The molecule has 2 aromatic rings. The molecular formula is C22H26N4O4S2. The molecule has 8 nitrogen and oxygen atoms in total. The minimum absolute atomic E-state index is 0.151. The van der Waals surface area contributed by atoms with Gasteiger partial charge in [-0.15, -0.1) is 11.3 Å². The first-order valence-corrected chi connectivity index (χ1v) is 13.1. The highest BCUT2D eigenvalue weighted by atomic mass is 32.2. The lowest BCUT2D eigenvalue weighted by Crippen LogP contribution is -2.52. The Hall–Kier alpha value is -2.27. The van der Waals surface area contributed by atoms with Gasteiger partial charge in [-0.2, -0.15) is 4.31 Å². The summed E-state index contributed by atoms with van der Waals surface area (Å²) in [6, 6.07) is 8.99. The van der Waals surface area contributed by atoms with Crippen LogP contribution in [-0.4, -0.2) is 67.3 Å². The lowest BCUT2D eigenvalue weighted by Gasteiger charge is -2.35. The van der Waals surface area contributed by atoms with Crippen LogP contribution in [0.3, 0.4) is 0 Å². The summed E-state index contributed by atoms with van der Waals surface area (Å²) < 4.78 is 27.2. The first-order chi connectivity index (χ1) is 15.3. The number of sulfonamides is 1. The SMILES string of the molecule is CC1(c2ccc3c(c2)CCC3)NC(=O)N(CN2CCN(S(=O)(=O)c3cccs3)CC2)C1=O. The van der Waals surface area contributed by atoms with Crippen molar-refractivity contribution in [2.24, 2.45) is 0 Å². The number of aryl methyl sites for hydroxylation is 2. The largest absolute Gasteiger partial charge is 0.326 e. The maximum atomic E-state index is 13.3. The van der Waals surface area contributed by atoms with E-state index in [1.807, 2.05) is 11.0 Å². The monoisotopic (exact) mass is 474 g/mol. The molecule has 1 unspecified atom stereocenters. The van der Waals surface area contributed by atoms with Crippen LogP contribution < -0.4 is 5.32 Å². The fraction of sp³-hybridized carbons (Fsp3) is 0.455. The molecule has 1 atom stereocenters. The molecule has 2 saturated heterocycles. The smallest absolute Gasteiger partial charge is 0.319 e. The van der Waals surface area contributed by atoms with Gasteiger partial charge in [-0.1, -0.05) is 24.3 Å². The molecule has 3 aliphatic rings. The molecule has 0 saturated carbocycles. The van der Waals surface area contributed by atoms with Crippen molar-refractivity contribution >= 4 is 33.3 Å². The Labute approximate surface area is 191 Å². The molecule has 2 fully saturated rings. The van der Waals surface area contributed by atoms with Crippen molar-refractivity contribution < 1.29 is 18.0 Å². The van der Waals surface area contributed by atoms with Crippen molar-refractivity contribution in [1.29, 1.82) is 0 Å². The predicted molar refractivity (Wildman–Crippen MR) is 121 cm³/mol. The number of amides is 3. The fourth-order valence-electron chi connectivity index (χ4n) is 4.75. The van der Waals surface area contributed by atoms with Gasteiger partial charge < -0.3 is 5.32 Å². The summed E-state index contributed by atoms with van der Waals surface area (Å²) in [6.45, 7) is 3.47. The van der Waals surface area contributed by atoms with Crippen molar-refractivity contribution in [1.82, 2.24) is 19.4 Å². The zero-order valence-electron chi connectivity index (χ0n) is 17.9. The second kappa shape index (κ2) is 7.95. The average molecular weight is 475 g/mol. The molecule has 1 aromatic carbocycles. The zero-order chi connectivity index (χ0) is 22.5. The van der Waals surface area contributed by atoms with E-state index in [1.54, 1.807) is 24.4 Å². The van der Waals surface area contributed by atoms with E-state index in [1.165, 1.54) is 31.7 Å². The van der Waals surface area contributed by atoms with Crippen molar-refractivity contribution in [2.75, 3.05) is 32.8 Å². The molecule has 170 valence electrons. The quantitative estimate of drug-likeness (QED) is 0.670. The lowest BCUT2D eigenvalue weighted by atomic mass is 9.90. The van der Waals surface area contributed by atoms with E-state index in [2.05, 4.69) is 17.4 Å².